The number of ketones is 1. The number of imidazole rings is 1. The molecule has 2 saturated carbocycles. The fourth-order valence-corrected chi connectivity index (χ4v) is 4.45. The summed E-state index contributed by atoms with van der Waals surface area (Å²) in [5.74, 6) is 1.57. The molecule has 0 aromatic carbocycles. The van der Waals surface area contributed by atoms with Gasteiger partial charge in [-0.1, -0.05) is 25.4 Å². The van der Waals surface area contributed by atoms with Crippen molar-refractivity contribution in [3.8, 4) is 0 Å². The largest absolute Gasteiger partial charge is 0.340 e. The van der Waals surface area contributed by atoms with E-state index in [1.54, 1.807) is 6.07 Å². The maximum absolute atomic E-state index is 12.6. The summed E-state index contributed by atoms with van der Waals surface area (Å²) >= 11 is 5.92. The first-order valence-corrected chi connectivity index (χ1v) is 7.39. The van der Waals surface area contributed by atoms with Crippen molar-refractivity contribution in [2.45, 2.75) is 38.5 Å². The number of carbonyl (C=O) groups excluding carboxylic acids is 1. The van der Waals surface area contributed by atoms with Crippen molar-refractivity contribution in [3.63, 3.8) is 0 Å². The second kappa shape index (κ2) is 3.61. The number of Topliss-reactive ketones (excluding diaryl/α,β-unsaturated/α-hetero) is 1. The lowest BCUT2D eigenvalue weighted by Crippen LogP contribution is -2.41. The zero-order valence-corrected chi connectivity index (χ0v) is 12.3. The summed E-state index contributed by atoms with van der Waals surface area (Å²) in [6.45, 7) is 4.40. The monoisotopic (exact) mass is 289 g/mol. The van der Waals surface area contributed by atoms with Gasteiger partial charge >= 0.3 is 0 Å². The van der Waals surface area contributed by atoms with E-state index in [-0.39, 0.29) is 5.41 Å². The van der Waals surface area contributed by atoms with Crippen LogP contribution in [0.1, 0.15) is 38.9 Å². The number of hydrogen-bond acceptors (Lipinski definition) is 3. The first-order valence-electron chi connectivity index (χ1n) is 7.01. The van der Waals surface area contributed by atoms with Crippen molar-refractivity contribution in [3.05, 3.63) is 23.1 Å². The van der Waals surface area contributed by atoms with Gasteiger partial charge in [-0.15, -0.1) is 0 Å². The molecule has 0 amide bonds. The number of rotatable bonds is 1. The zero-order valence-electron chi connectivity index (χ0n) is 11.5. The molecular formula is C15H16ClN3O. The first-order chi connectivity index (χ1) is 9.45. The molecule has 5 heteroatoms. The summed E-state index contributed by atoms with van der Waals surface area (Å²) < 4.78 is 0. The fourth-order valence-electron chi connectivity index (χ4n) is 4.30. The topological polar surface area (TPSA) is 58.6 Å². The van der Waals surface area contributed by atoms with Crippen molar-refractivity contribution in [1.82, 2.24) is 15.0 Å². The van der Waals surface area contributed by atoms with Crippen LogP contribution in [0.25, 0.3) is 11.2 Å². The molecule has 104 valence electrons. The van der Waals surface area contributed by atoms with Crippen molar-refractivity contribution in [2.24, 2.45) is 11.3 Å². The SMILES string of the molecule is CC1(C)C2CCC1(c1nc3nc(Cl)ccc3[nH]1)C(=O)C2. The van der Waals surface area contributed by atoms with Crippen LogP contribution in [0, 0.1) is 11.3 Å². The Morgan fingerprint density at radius 3 is 2.80 bits per heavy atom. The Morgan fingerprint density at radius 1 is 1.35 bits per heavy atom. The Hall–Kier alpha value is -1.42. The number of pyridine rings is 1. The molecule has 0 radical (unpaired) electrons. The number of halogens is 1. The number of hydrogen-bond donors (Lipinski definition) is 1. The Kier molecular flexibility index (Phi) is 2.23. The maximum atomic E-state index is 12.6. The van der Waals surface area contributed by atoms with E-state index >= 15 is 0 Å². The summed E-state index contributed by atoms with van der Waals surface area (Å²) in [7, 11) is 0. The number of fused-ring (bicyclic) bond motifs is 3. The van der Waals surface area contributed by atoms with Gasteiger partial charge in [0.05, 0.1) is 10.9 Å². The summed E-state index contributed by atoms with van der Waals surface area (Å²) in [6, 6.07) is 3.61. The van der Waals surface area contributed by atoms with Gasteiger partial charge in [0.1, 0.15) is 16.8 Å². The van der Waals surface area contributed by atoms with E-state index < -0.39 is 5.41 Å². The van der Waals surface area contributed by atoms with E-state index in [0.29, 0.717) is 28.9 Å². The number of carbonyl (C=O) groups is 1. The second-order valence-electron chi connectivity index (χ2n) is 6.58. The second-order valence-corrected chi connectivity index (χ2v) is 6.97. The molecule has 0 saturated heterocycles. The van der Waals surface area contributed by atoms with E-state index in [9.17, 15) is 4.79 Å². The molecule has 2 aromatic heterocycles. The summed E-state index contributed by atoms with van der Waals surface area (Å²) in [5.41, 5.74) is 0.936. The van der Waals surface area contributed by atoms with Gasteiger partial charge in [0, 0.05) is 6.42 Å². The van der Waals surface area contributed by atoms with Crippen molar-refractivity contribution in [1.29, 1.82) is 0 Å². The number of aromatic nitrogens is 3. The van der Waals surface area contributed by atoms with Crippen LogP contribution in [-0.2, 0) is 10.2 Å². The smallest absolute Gasteiger partial charge is 0.179 e. The Balaban J connectivity index is 1.95. The van der Waals surface area contributed by atoms with Crippen LogP contribution in [0.15, 0.2) is 12.1 Å². The van der Waals surface area contributed by atoms with Crippen LogP contribution in [0.5, 0.6) is 0 Å². The Bertz CT molecular complexity index is 736. The lowest BCUT2D eigenvalue weighted by atomic mass is 9.68. The highest BCUT2D eigenvalue weighted by molar-refractivity contribution is 6.29. The minimum Gasteiger partial charge on any atom is -0.340 e. The average molecular weight is 290 g/mol. The van der Waals surface area contributed by atoms with Gasteiger partial charge in [0.15, 0.2) is 5.65 Å². The molecule has 2 bridgehead atoms. The van der Waals surface area contributed by atoms with E-state index in [1.165, 1.54) is 0 Å². The quantitative estimate of drug-likeness (QED) is 0.820. The molecule has 4 nitrogen and oxygen atoms in total. The minimum absolute atomic E-state index is 0.0399. The third-order valence-corrected chi connectivity index (χ3v) is 5.82. The first kappa shape index (κ1) is 12.3. The summed E-state index contributed by atoms with van der Waals surface area (Å²) in [6.07, 6.45) is 2.67. The minimum atomic E-state index is -0.467. The van der Waals surface area contributed by atoms with Gasteiger partial charge < -0.3 is 4.98 Å². The van der Waals surface area contributed by atoms with E-state index in [1.807, 2.05) is 6.07 Å². The summed E-state index contributed by atoms with van der Waals surface area (Å²) in [5, 5.41) is 0.425. The lowest BCUT2D eigenvalue weighted by Gasteiger charge is -2.34. The van der Waals surface area contributed by atoms with Crippen LogP contribution in [0.4, 0.5) is 0 Å². The van der Waals surface area contributed by atoms with Crippen molar-refractivity contribution in [2.75, 3.05) is 0 Å². The molecule has 2 unspecified atom stereocenters. The Morgan fingerprint density at radius 2 is 2.15 bits per heavy atom. The molecule has 2 heterocycles. The highest BCUT2D eigenvalue weighted by Gasteiger charge is 2.66. The average Bonchev–Trinajstić information content (AvgIpc) is 2.96. The highest BCUT2D eigenvalue weighted by atomic mass is 35.5. The maximum Gasteiger partial charge on any atom is 0.179 e. The molecule has 0 aliphatic heterocycles. The van der Waals surface area contributed by atoms with Gasteiger partial charge in [0.25, 0.3) is 0 Å². The normalized spacial score (nSPS) is 31.4. The predicted octanol–water partition coefficient (Wildman–Crippen LogP) is 3.26. The fraction of sp³-hybridized carbons (Fsp3) is 0.533. The van der Waals surface area contributed by atoms with Gasteiger partial charge in [0.2, 0.25) is 0 Å². The highest BCUT2D eigenvalue weighted by Crippen LogP contribution is 2.63. The molecule has 1 N–H and O–H groups in total. The van der Waals surface area contributed by atoms with Crippen LogP contribution in [0.3, 0.4) is 0 Å². The molecule has 2 fully saturated rings. The lowest BCUT2D eigenvalue weighted by molar-refractivity contribution is -0.124. The number of nitrogens with one attached hydrogen (secondary N) is 1. The number of H-pyrrole nitrogens is 1. The molecule has 2 aliphatic carbocycles. The van der Waals surface area contributed by atoms with Crippen LogP contribution >= 0.6 is 11.6 Å². The third-order valence-electron chi connectivity index (χ3n) is 5.61. The van der Waals surface area contributed by atoms with Crippen LogP contribution in [-0.4, -0.2) is 20.7 Å². The molecule has 4 rings (SSSR count). The van der Waals surface area contributed by atoms with E-state index in [0.717, 1.165) is 24.2 Å². The molecule has 2 aromatic rings. The zero-order chi connectivity index (χ0) is 14.1. The molecule has 2 aliphatic rings. The predicted molar refractivity (Wildman–Crippen MR) is 76.7 cm³/mol. The molecule has 0 spiro atoms. The summed E-state index contributed by atoms with van der Waals surface area (Å²) in [4.78, 5) is 24.8. The number of aromatic amines is 1. The van der Waals surface area contributed by atoms with Gasteiger partial charge in [-0.25, -0.2) is 9.97 Å². The standard InChI is InChI=1S/C15H16ClN3O/c1-14(2)8-5-6-15(14,10(20)7-8)13-17-9-3-4-11(16)18-12(9)19-13/h3-4,8H,5-7H2,1-2H3,(H,17,18,19). The molecule has 2 atom stereocenters. The van der Waals surface area contributed by atoms with Crippen molar-refractivity contribution >= 4 is 28.5 Å². The van der Waals surface area contributed by atoms with Crippen LogP contribution < -0.4 is 0 Å². The van der Waals surface area contributed by atoms with Crippen molar-refractivity contribution < 1.29 is 4.79 Å². The van der Waals surface area contributed by atoms with Gasteiger partial charge in [-0.05, 0) is 36.3 Å². The third kappa shape index (κ3) is 1.26. The van der Waals surface area contributed by atoms with E-state index in [4.69, 9.17) is 11.6 Å². The van der Waals surface area contributed by atoms with Gasteiger partial charge in [-0.2, -0.15) is 0 Å². The molecular weight excluding hydrogens is 274 g/mol. The Labute approximate surface area is 121 Å². The van der Waals surface area contributed by atoms with Gasteiger partial charge in [-0.3, -0.25) is 4.79 Å². The number of nitrogens with zero attached hydrogens (tertiary/aromatic N) is 2. The van der Waals surface area contributed by atoms with Crippen LogP contribution in [0.2, 0.25) is 5.15 Å². The molecule has 20 heavy (non-hydrogen) atoms. The van der Waals surface area contributed by atoms with E-state index in [2.05, 4.69) is 28.8 Å².